The second-order valence-corrected chi connectivity index (χ2v) is 7.03. The molecule has 0 saturated carbocycles. The van der Waals surface area contributed by atoms with Gasteiger partial charge in [0.15, 0.2) is 24.6 Å². The van der Waals surface area contributed by atoms with Crippen molar-refractivity contribution in [2.24, 2.45) is 0 Å². The third-order valence-corrected chi connectivity index (χ3v) is 4.80. The van der Waals surface area contributed by atoms with Crippen molar-refractivity contribution in [1.82, 2.24) is 0 Å². The molecule has 0 saturated heterocycles. The summed E-state index contributed by atoms with van der Waals surface area (Å²) in [5, 5.41) is -0.0861. The first kappa shape index (κ1) is 26.5. The molecule has 2 atom stereocenters. The van der Waals surface area contributed by atoms with Gasteiger partial charge in [-0.3, -0.25) is 4.79 Å². The van der Waals surface area contributed by atoms with Gasteiger partial charge in [0.2, 0.25) is 0 Å². The Morgan fingerprint density at radius 2 is 1.58 bits per heavy atom. The molecule has 0 aliphatic rings. The Bertz CT molecular complexity index is 865. The maximum absolute atomic E-state index is 12.2. The summed E-state index contributed by atoms with van der Waals surface area (Å²) in [5.74, 6) is -2.82. The minimum absolute atomic E-state index is 0.0305. The highest BCUT2D eigenvalue weighted by Crippen LogP contribution is 2.35. The van der Waals surface area contributed by atoms with E-state index in [4.69, 9.17) is 42.1 Å². The lowest BCUT2D eigenvalue weighted by atomic mass is 10.0. The van der Waals surface area contributed by atoms with E-state index in [9.17, 15) is 19.2 Å². The number of benzene rings is 1. The van der Waals surface area contributed by atoms with Crippen molar-refractivity contribution in [1.29, 1.82) is 0 Å². The fourth-order valence-electron chi connectivity index (χ4n) is 2.16. The van der Waals surface area contributed by atoms with E-state index in [0.717, 1.165) is 0 Å². The topological polar surface area (TPSA) is 105 Å². The van der Waals surface area contributed by atoms with E-state index in [-0.39, 0.29) is 33.7 Å². The minimum atomic E-state index is -1.29. The van der Waals surface area contributed by atoms with Crippen molar-refractivity contribution >= 4 is 46.9 Å². The molecular formula is C21H24Cl2O8. The number of hydrogen-bond donors (Lipinski definition) is 0. The summed E-state index contributed by atoms with van der Waals surface area (Å²) in [7, 11) is 0. The van der Waals surface area contributed by atoms with E-state index in [1.807, 2.05) is 0 Å². The maximum atomic E-state index is 12.2. The van der Waals surface area contributed by atoms with Crippen LogP contribution in [0.5, 0.6) is 5.75 Å². The summed E-state index contributed by atoms with van der Waals surface area (Å²) < 4.78 is 19.8. The normalized spacial score (nSPS) is 12.3. The highest BCUT2D eigenvalue weighted by Gasteiger charge is 2.26. The standard InChI is InChI=1S/C21H24Cl2O8/c1-6-11(3)19(25)14-8-9-15(18(23)17(14)22)29-10-16(24)30-13(5)21(27)31-12(4)20(26)28-7-2/h8-9,12-13H,3,6-7,10H2,1-2,4-5H3/t12-,13-/m0/s1. The van der Waals surface area contributed by atoms with Gasteiger partial charge in [0.1, 0.15) is 10.8 Å². The molecular weight excluding hydrogens is 451 g/mol. The van der Waals surface area contributed by atoms with Crippen molar-refractivity contribution < 1.29 is 38.1 Å². The van der Waals surface area contributed by atoms with Gasteiger partial charge in [-0.1, -0.05) is 36.7 Å². The first-order valence-electron chi connectivity index (χ1n) is 9.43. The number of hydrogen-bond acceptors (Lipinski definition) is 8. The number of halogens is 2. The van der Waals surface area contributed by atoms with Gasteiger partial charge in [-0.2, -0.15) is 0 Å². The molecule has 10 heteroatoms. The number of ether oxygens (including phenoxy) is 4. The van der Waals surface area contributed by atoms with Gasteiger partial charge in [-0.25, -0.2) is 14.4 Å². The van der Waals surface area contributed by atoms with Crippen LogP contribution in [0.2, 0.25) is 10.0 Å². The molecule has 1 aromatic carbocycles. The van der Waals surface area contributed by atoms with Crippen molar-refractivity contribution in [2.75, 3.05) is 13.2 Å². The van der Waals surface area contributed by atoms with Gasteiger partial charge < -0.3 is 18.9 Å². The van der Waals surface area contributed by atoms with Crippen LogP contribution >= 0.6 is 23.2 Å². The largest absolute Gasteiger partial charge is 0.480 e. The van der Waals surface area contributed by atoms with Crippen LogP contribution in [0.1, 0.15) is 44.5 Å². The molecule has 8 nitrogen and oxygen atoms in total. The first-order valence-corrected chi connectivity index (χ1v) is 10.2. The van der Waals surface area contributed by atoms with Gasteiger partial charge in [-0.15, -0.1) is 0 Å². The van der Waals surface area contributed by atoms with Crippen LogP contribution in [0.25, 0.3) is 0 Å². The van der Waals surface area contributed by atoms with Crippen LogP contribution in [0.15, 0.2) is 24.3 Å². The highest BCUT2D eigenvalue weighted by atomic mass is 35.5. The van der Waals surface area contributed by atoms with Crippen LogP contribution in [0.4, 0.5) is 0 Å². The second kappa shape index (κ2) is 12.3. The Kier molecular flexibility index (Phi) is 10.5. The Morgan fingerprint density at radius 3 is 2.16 bits per heavy atom. The van der Waals surface area contributed by atoms with Crippen LogP contribution in [-0.2, 0) is 28.6 Å². The lowest BCUT2D eigenvalue weighted by Crippen LogP contribution is -2.34. The molecule has 0 amide bonds. The quantitative estimate of drug-likeness (QED) is 0.205. The fourth-order valence-corrected chi connectivity index (χ4v) is 2.62. The third kappa shape index (κ3) is 7.56. The number of allylic oxidation sites excluding steroid dienone is 1. The summed E-state index contributed by atoms with van der Waals surface area (Å²) in [6.07, 6.45) is -1.97. The van der Waals surface area contributed by atoms with Crippen molar-refractivity contribution in [3.63, 3.8) is 0 Å². The van der Waals surface area contributed by atoms with Gasteiger partial charge in [0.25, 0.3) is 0 Å². The van der Waals surface area contributed by atoms with Gasteiger partial charge in [0, 0.05) is 5.56 Å². The molecule has 1 aromatic rings. The number of esters is 3. The minimum Gasteiger partial charge on any atom is -0.480 e. The predicted molar refractivity (Wildman–Crippen MR) is 113 cm³/mol. The molecule has 170 valence electrons. The Balaban J connectivity index is 2.67. The molecule has 0 aromatic heterocycles. The van der Waals surface area contributed by atoms with Gasteiger partial charge >= 0.3 is 17.9 Å². The summed E-state index contributed by atoms with van der Waals surface area (Å²) in [6.45, 7) is 9.24. The average Bonchev–Trinajstić information content (AvgIpc) is 2.73. The Hall–Kier alpha value is -2.58. The zero-order chi connectivity index (χ0) is 23.7. The number of carbonyl (C=O) groups is 4. The third-order valence-electron chi connectivity index (χ3n) is 3.94. The second-order valence-electron chi connectivity index (χ2n) is 6.28. The highest BCUT2D eigenvalue weighted by molar-refractivity contribution is 6.45. The van der Waals surface area contributed by atoms with Crippen LogP contribution in [-0.4, -0.2) is 49.1 Å². The Morgan fingerprint density at radius 1 is 0.968 bits per heavy atom. The number of Topliss-reactive ketones (excluding diaryl/α,β-unsaturated/α-hetero) is 1. The van der Waals surface area contributed by atoms with Crippen LogP contribution in [0.3, 0.4) is 0 Å². The van der Waals surface area contributed by atoms with E-state index in [2.05, 4.69) is 6.58 Å². The van der Waals surface area contributed by atoms with Crippen LogP contribution in [0, 0.1) is 0 Å². The van der Waals surface area contributed by atoms with Gasteiger partial charge in [0.05, 0.1) is 11.6 Å². The molecule has 0 spiro atoms. The van der Waals surface area contributed by atoms with E-state index in [1.54, 1.807) is 13.8 Å². The SMILES string of the molecule is C=C(CC)C(=O)c1ccc(OCC(=O)O[C@@H](C)C(=O)O[C@@H](C)C(=O)OCC)c(Cl)c1Cl. The predicted octanol–water partition coefficient (Wildman–Crippen LogP) is 3.95. The molecule has 1 rings (SSSR count). The van der Waals surface area contributed by atoms with E-state index < -0.39 is 36.7 Å². The average molecular weight is 475 g/mol. The summed E-state index contributed by atoms with van der Waals surface area (Å²) >= 11 is 12.3. The lowest BCUT2D eigenvalue weighted by molar-refractivity contribution is -0.177. The van der Waals surface area contributed by atoms with Crippen molar-refractivity contribution in [2.45, 2.75) is 46.3 Å². The van der Waals surface area contributed by atoms with E-state index in [0.29, 0.717) is 12.0 Å². The van der Waals surface area contributed by atoms with Crippen LogP contribution < -0.4 is 4.74 Å². The molecule has 0 aliphatic heterocycles. The van der Waals surface area contributed by atoms with E-state index >= 15 is 0 Å². The first-order chi connectivity index (χ1) is 14.5. The summed E-state index contributed by atoms with van der Waals surface area (Å²) in [6, 6.07) is 2.80. The molecule has 0 bridgehead atoms. The molecule has 0 fully saturated rings. The summed E-state index contributed by atoms with van der Waals surface area (Å²) in [5.41, 5.74) is 0.536. The number of carbonyl (C=O) groups excluding carboxylic acids is 4. The monoisotopic (exact) mass is 474 g/mol. The summed E-state index contributed by atoms with van der Waals surface area (Å²) in [4.78, 5) is 47.6. The smallest absolute Gasteiger partial charge is 0.347 e. The molecule has 0 radical (unpaired) electrons. The van der Waals surface area contributed by atoms with Gasteiger partial charge in [-0.05, 0) is 44.9 Å². The maximum Gasteiger partial charge on any atom is 0.347 e. The Labute approximate surface area is 190 Å². The lowest BCUT2D eigenvalue weighted by Gasteiger charge is -2.16. The molecule has 31 heavy (non-hydrogen) atoms. The zero-order valence-corrected chi connectivity index (χ0v) is 19.2. The molecule has 0 N–H and O–H groups in total. The van der Waals surface area contributed by atoms with Crippen molar-refractivity contribution in [3.8, 4) is 5.75 Å². The molecule has 0 aliphatic carbocycles. The molecule has 0 unspecified atom stereocenters. The fraction of sp³-hybridized carbons (Fsp3) is 0.429. The van der Waals surface area contributed by atoms with Crippen molar-refractivity contribution in [3.05, 3.63) is 39.9 Å². The number of ketones is 1. The number of rotatable bonds is 11. The zero-order valence-electron chi connectivity index (χ0n) is 17.7. The molecule has 0 heterocycles. The van der Waals surface area contributed by atoms with E-state index in [1.165, 1.54) is 26.0 Å².